The Morgan fingerprint density at radius 1 is 0.913 bits per heavy atom. The maximum Gasteiger partial charge on any atom is 0.214 e. The molecule has 0 saturated carbocycles. The number of hydrogen-bond donors (Lipinski definition) is 1. The summed E-state index contributed by atoms with van der Waals surface area (Å²) in [7, 11) is 0. The number of aliphatic hydroxyl groups excluding tert-OH is 1. The first-order valence-electron chi connectivity index (χ1n) is 7.29. The summed E-state index contributed by atoms with van der Waals surface area (Å²) in [5.74, 6) is 0.0742. The van der Waals surface area contributed by atoms with Crippen LogP contribution in [-0.2, 0) is 13.2 Å². The number of hydrogen-bond acceptors (Lipinski definition) is 3. The van der Waals surface area contributed by atoms with Gasteiger partial charge in [-0.25, -0.2) is 9.37 Å². The summed E-state index contributed by atoms with van der Waals surface area (Å²) in [6.45, 7) is 0.248. The van der Waals surface area contributed by atoms with Gasteiger partial charge in [-0.15, -0.1) is 0 Å². The first-order chi connectivity index (χ1) is 11.2. The van der Waals surface area contributed by atoms with Crippen LogP contribution in [0.15, 0.2) is 66.7 Å². The van der Waals surface area contributed by atoms with Gasteiger partial charge in [0, 0.05) is 11.6 Å². The quantitative estimate of drug-likeness (QED) is 0.775. The lowest BCUT2D eigenvalue weighted by atomic mass is 10.1. The summed E-state index contributed by atoms with van der Waals surface area (Å²) in [6.07, 6.45) is 0. The maximum atomic E-state index is 13.4. The van der Waals surface area contributed by atoms with Crippen LogP contribution in [0.4, 0.5) is 4.39 Å². The monoisotopic (exact) mass is 309 g/mol. The fourth-order valence-corrected chi connectivity index (χ4v) is 2.25. The second-order valence-corrected chi connectivity index (χ2v) is 5.14. The van der Waals surface area contributed by atoms with Gasteiger partial charge in [-0.1, -0.05) is 42.5 Å². The first-order valence-corrected chi connectivity index (χ1v) is 7.29. The molecule has 0 bridgehead atoms. The highest BCUT2D eigenvalue weighted by molar-refractivity contribution is 5.60. The van der Waals surface area contributed by atoms with Gasteiger partial charge in [0.25, 0.3) is 0 Å². The topological polar surface area (TPSA) is 42.4 Å². The SMILES string of the molecule is OCc1cc(OCc2ccccc2)nc(-c2cccc(F)c2)c1. The van der Waals surface area contributed by atoms with Gasteiger partial charge < -0.3 is 9.84 Å². The highest BCUT2D eigenvalue weighted by Crippen LogP contribution is 2.23. The standard InChI is InChI=1S/C19H16FNO2/c20-17-8-4-7-16(11-17)18-9-15(12-22)10-19(21-18)23-13-14-5-2-1-3-6-14/h1-11,22H,12-13H2. The van der Waals surface area contributed by atoms with Crippen molar-refractivity contribution in [2.24, 2.45) is 0 Å². The van der Waals surface area contributed by atoms with Crippen LogP contribution in [0.25, 0.3) is 11.3 Å². The Labute approximate surface area is 134 Å². The van der Waals surface area contributed by atoms with Crippen LogP contribution >= 0.6 is 0 Å². The van der Waals surface area contributed by atoms with E-state index in [0.29, 0.717) is 29.3 Å². The molecule has 0 amide bonds. The molecule has 0 radical (unpaired) electrons. The minimum absolute atomic E-state index is 0.132. The molecule has 4 heteroatoms. The van der Waals surface area contributed by atoms with E-state index in [1.165, 1.54) is 12.1 Å². The van der Waals surface area contributed by atoms with Gasteiger partial charge in [-0.05, 0) is 29.3 Å². The molecule has 3 rings (SSSR count). The largest absolute Gasteiger partial charge is 0.473 e. The summed E-state index contributed by atoms with van der Waals surface area (Å²) in [5.41, 5.74) is 2.90. The Bertz CT molecular complexity index is 790. The smallest absolute Gasteiger partial charge is 0.214 e. The van der Waals surface area contributed by atoms with Crippen molar-refractivity contribution in [3.8, 4) is 17.1 Å². The first kappa shape index (κ1) is 15.2. The lowest BCUT2D eigenvalue weighted by molar-refractivity contribution is 0.275. The molecule has 3 aromatic rings. The second kappa shape index (κ2) is 7.03. The molecule has 2 aromatic carbocycles. The number of halogens is 1. The maximum absolute atomic E-state index is 13.4. The molecule has 0 aliphatic heterocycles. The van der Waals surface area contributed by atoms with Crippen LogP contribution in [0, 0.1) is 5.82 Å². The van der Waals surface area contributed by atoms with Crippen LogP contribution in [0.1, 0.15) is 11.1 Å². The van der Waals surface area contributed by atoms with Crippen molar-refractivity contribution in [1.82, 2.24) is 4.98 Å². The van der Waals surface area contributed by atoms with Gasteiger partial charge in [0.15, 0.2) is 0 Å². The van der Waals surface area contributed by atoms with Crippen LogP contribution in [0.5, 0.6) is 5.88 Å². The average molecular weight is 309 g/mol. The predicted octanol–water partition coefficient (Wildman–Crippen LogP) is 3.96. The van der Waals surface area contributed by atoms with E-state index in [-0.39, 0.29) is 12.4 Å². The Hall–Kier alpha value is -2.72. The molecule has 116 valence electrons. The molecule has 3 nitrogen and oxygen atoms in total. The van der Waals surface area contributed by atoms with Crippen LogP contribution in [0.3, 0.4) is 0 Å². The van der Waals surface area contributed by atoms with Crippen molar-refractivity contribution in [3.63, 3.8) is 0 Å². The molecule has 0 aliphatic carbocycles. The van der Waals surface area contributed by atoms with Gasteiger partial charge in [0.1, 0.15) is 12.4 Å². The zero-order valence-corrected chi connectivity index (χ0v) is 12.4. The highest BCUT2D eigenvalue weighted by atomic mass is 19.1. The van der Waals surface area contributed by atoms with Gasteiger partial charge >= 0.3 is 0 Å². The molecular weight excluding hydrogens is 293 g/mol. The van der Waals surface area contributed by atoms with Gasteiger partial charge in [0.05, 0.1) is 12.3 Å². The zero-order chi connectivity index (χ0) is 16.1. The number of nitrogens with zero attached hydrogens (tertiary/aromatic N) is 1. The van der Waals surface area contributed by atoms with Crippen molar-refractivity contribution in [2.45, 2.75) is 13.2 Å². The number of aliphatic hydroxyl groups is 1. The molecule has 0 saturated heterocycles. The second-order valence-electron chi connectivity index (χ2n) is 5.14. The van der Waals surface area contributed by atoms with Crippen LogP contribution < -0.4 is 4.74 Å². The van der Waals surface area contributed by atoms with Gasteiger partial charge in [-0.2, -0.15) is 0 Å². The van der Waals surface area contributed by atoms with E-state index in [1.54, 1.807) is 24.3 Å². The minimum atomic E-state index is -0.328. The summed E-state index contributed by atoms with van der Waals surface area (Å²) in [4.78, 5) is 4.41. The molecule has 1 N–H and O–H groups in total. The van der Waals surface area contributed by atoms with Gasteiger partial charge in [-0.3, -0.25) is 0 Å². The number of benzene rings is 2. The Balaban J connectivity index is 1.87. The molecule has 0 unspecified atom stereocenters. The Morgan fingerprint density at radius 3 is 2.48 bits per heavy atom. The normalized spacial score (nSPS) is 10.5. The van der Waals surface area contributed by atoms with E-state index in [9.17, 15) is 9.50 Å². The summed E-state index contributed by atoms with van der Waals surface area (Å²) in [5, 5.41) is 9.42. The fourth-order valence-electron chi connectivity index (χ4n) is 2.25. The van der Waals surface area contributed by atoms with Gasteiger partial charge in [0.2, 0.25) is 5.88 Å². The Kier molecular flexibility index (Phi) is 4.64. The van der Waals surface area contributed by atoms with E-state index < -0.39 is 0 Å². The van der Waals surface area contributed by atoms with E-state index in [2.05, 4.69) is 4.98 Å². The lowest BCUT2D eigenvalue weighted by Crippen LogP contribution is -1.99. The molecule has 23 heavy (non-hydrogen) atoms. The molecule has 0 fully saturated rings. The van der Waals surface area contributed by atoms with E-state index in [0.717, 1.165) is 5.56 Å². The molecule has 0 spiro atoms. The summed E-state index contributed by atoms with van der Waals surface area (Å²) >= 11 is 0. The molecular formula is C19H16FNO2. The summed E-state index contributed by atoms with van der Waals surface area (Å²) in [6, 6.07) is 19.3. The molecule has 0 atom stereocenters. The number of ether oxygens (including phenoxy) is 1. The lowest BCUT2D eigenvalue weighted by Gasteiger charge is -2.10. The fraction of sp³-hybridized carbons (Fsp3) is 0.105. The number of rotatable bonds is 5. The van der Waals surface area contributed by atoms with E-state index in [4.69, 9.17) is 4.74 Å². The third-order valence-corrected chi connectivity index (χ3v) is 3.39. The molecule has 0 aliphatic rings. The Morgan fingerprint density at radius 2 is 1.74 bits per heavy atom. The third kappa shape index (κ3) is 3.93. The van der Waals surface area contributed by atoms with Crippen LogP contribution in [-0.4, -0.2) is 10.1 Å². The van der Waals surface area contributed by atoms with E-state index >= 15 is 0 Å². The number of aromatic nitrogens is 1. The van der Waals surface area contributed by atoms with Crippen LogP contribution in [0.2, 0.25) is 0 Å². The number of pyridine rings is 1. The average Bonchev–Trinajstić information content (AvgIpc) is 2.60. The summed E-state index contributed by atoms with van der Waals surface area (Å²) < 4.78 is 19.1. The van der Waals surface area contributed by atoms with Crippen molar-refractivity contribution in [3.05, 3.63) is 83.7 Å². The van der Waals surface area contributed by atoms with Crippen molar-refractivity contribution < 1.29 is 14.2 Å². The van der Waals surface area contributed by atoms with Crippen molar-refractivity contribution in [2.75, 3.05) is 0 Å². The zero-order valence-electron chi connectivity index (χ0n) is 12.4. The minimum Gasteiger partial charge on any atom is -0.473 e. The molecule has 1 heterocycles. The van der Waals surface area contributed by atoms with Crippen molar-refractivity contribution >= 4 is 0 Å². The van der Waals surface area contributed by atoms with Crippen molar-refractivity contribution in [1.29, 1.82) is 0 Å². The predicted molar refractivity (Wildman–Crippen MR) is 86.3 cm³/mol. The highest BCUT2D eigenvalue weighted by Gasteiger charge is 2.07. The molecule has 1 aromatic heterocycles. The third-order valence-electron chi connectivity index (χ3n) is 3.39. The van der Waals surface area contributed by atoms with E-state index in [1.807, 2.05) is 30.3 Å².